The molecular weight excluding hydrogens is 292 g/mol. The predicted molar refractivity (Wildman–Crippen MR) is 94.8 cm³/mol. The Bertz CT molecular complexity index is 811. The highest BCUT2D eigenvalue weighted by atomic mass is 32.2. The lowest BCUT2D eigenvalue weighted by Crippen LogP contribution is -2.34. The molecule has 0 amide bonds. The maximum absolute atomic E-state index is 13.4. The number of rotatable bonds is 3. The van der Waals surface area contributed by atoms with E-state index in [1.54, 1.807) is 0 Å². The van der Waals surface area contributed by atoms with Gasteiger partial charge in [0.25, 0.3) is 0 Å². The SMILES string of the molecule is C=S(=O)(c1ccc2c(C)cnc(C)c2c1)N1CCCC1CC. The van der Waals surface area contributed by atoms with Crippen molar-refractivity contribution in [3.05, 3.63) is 35.7 Å². The van der Waals surface area contributed by atoms with Crippen LogP contribution in [0.15, 0.2) is 29.3 Å². The number of hydrogen-bond acceptors (Lipinski definition) is 2. The van der Waals surface area contributed by atoms with Gasteiger partial charge in [0.1, 0.15) is 0 Å². The van der Waals surface area contributed by atoms with E-state index in [0.717, 1.165) is 47.3 Å². The molecule has 4 heteroatoms. The molecule has 2 atom stereocenters. The first kappa shape index (κ1) is 15.5. The molecule has 22 heavy (non-hydrogen) atoms. The first-order valence-electron chi connectivity index (χ1n) is 7.95. The Kier molecular flexibility index (Phi) is 4.00. The minimum Gasteiger partial charge on any atom is -0.261 e. The third-order valence-corrected chi connectivity index (χ3v) is 7.03. The molecule has 1 aliphatic rings. The van der Waals surface area contributed by atoms with Crippen LogP contribution >= 0.6 is 0 Å². The van der Waals surface area contributed by atoms with Crippen LogP contribution in [0.3, 0.4) is 0 Å². The fourth-order valence-corrected chi connectivity index (χ4v) is 5.45. The predicted octanol–water partition coefficient (Wildman–Crippen LogP) is 3.72. The van der Waals surface area contributed by atoms with Gasteiger partial charge in [-0.15, -0.1) is 0 Å². The van der Waals surface area contributed by atoms with E-state index in [1.165, 1.54) is 5.39 Å². The molecule has 3 rings (SSSR count). The Morgan fingerprint density at radius 1 is 1.36 bits per heavy atom. The van der Waals surface area contributed by atoms with E-state index < -0.39 is 9.71 Å². The van der Waals surface area contributed by atoms with Crippen LogP contribution in [0.2, 0.25) is 0 Å². The molecular formula is C18H24N2OS. The van der Waals surface area contributed by atoms with Gasteiger partial charge in [-0.05, 0) is 62.1 Å². The molecule has 1 fully saturated rings. The van der Waals surface area contributed by atoms with Crippen molar-refractivity contribution in [3.63, 3.8) is 0 Å². The molecule has 1 aliphatic heterocycles. The van der Waals surface area contributed by atoms with Crippen LogP contribution in [-0.2, 0) is 9.71 Å². The second-order valence-electron chi connectivity index (χ2n) is 6.22. The van der Waals surface area contributed by atoms with Crippen molar-refractivity contribution in [1.29, 1.82) is 0 Å². The average molecular weight is 316 g/mol. The zero-order chi connectivity index (χ0) is 15.9. The van der Waals surface area contributed by atoms with Crippen molar-refractivity contribution in [2.45, 2.75) is 51.0 Å². The molecule has 2 aromatic rings. The van der Waals surface area contributed by atoms with Crippen LogP contribution in [0.25, 0.3) is 10.8 Å². The summed E-state index contributed by atoms with van der Waals surface area (Å²) in [5.74, 6) is 4.11. The maximum Gasteiger partial charge on any atom is 0.0561 e. The first-order chi connectivity index (χ1) is 10.4. The van der Waals surface area contributed by atoms with E-state index in [2.05, 4.69) is 35.1 Å². The Morgan fingerprint density at radius 3 is 2.86 bits per heavy atom. The fourth-order valence-electron chi connectivity index (χ4n) is 3.44. The summed E-state index contributed by atoms with van der Waals surface area (Å²) in [6, 6.07) is 6.47. The molecule has 0 saturated carbocycles. The summed E-state index contributed by atoms with van der Waals surface area (Å²) in [6.07, 6.45) is 5.15. The lowest BCUT2D eigenvalue weighted by molar-refractivity contribution is 0.403. The quantitative estimate of drug-likeness (QED) is 0.809. The zero-order valence-electron chi connectivity index (χ0n) is 13.6. The van der Waals surface area contributed by atoms with E-state index in [-0.39, 0.29) is 0 Å². The topological polar surface area (TPSA) is 33.2 Å². The molecule has 0 aliphatic carbocycles. The molecule has 0 radical (unpaired) electrons. The van der Waals surface area contributed by atoms with Crippen LogP contribution in [0, 0.1) is 13.8 Å². The third-order valence-electron chi connectivity index (χ3n) is 4.80. The van der Waals surface area contributed by atoms with E-state index >= 15 is 0 Å². The zero-order valence-corrected chi connectivity index (χ0v) is 14.4. The van der Waals surface area contributed by atoms with Crippen molar-refractivity contribution in [2.24, 2.45) is 0 Å². The van der Waals surface area contributed by atoms with Crippen LogP contribution in [0.1, 0.15) is 37.4 Å². The molecule has 118 valence electrons. The number of aromatic nitrogens is 1. The molecule has 0 bridgehead atoms. The normalized spacial score (nSPS) is 22.0. The van der Waals surface area contributed by atoms with E-state index in [9.17, 15) is 4.21 Å². The highest BCUT2D eigenvalue weighted by Gasteiger charge is 2.30. The molecule has 1 aromatic carbocycles. The van der Waals surface area contributed by atoms with Crippen LogP contribution in [0.5, 0.6) is 0 Å². The van der Waals surface area contributed by atoms with Crippen LogP contribution in [0.4, 0.5) is 0 Å². The molecule has 1 saturated heterocycles. The molecule has 0 spiro atoms. The number of pyridine rings is 1. The van der Waals surface area contributed by atoms with Gasteiger partial charge in [-0.1, -0.05) is 13.0 Å². The Labute approximate surface area is 133 Å². The standard InChI is InChI=1S/C18H24N2OS/c1-5-15-7-6-10-20(15)22(4,21)16-8-9-17-13(2)12-19-14(3)18(17)11-16/h8-9,11-12,15H,4-7,10H2,1-3H3. The summed E-state index contributed by atoms with van der Waals surface area (Å²) >= 11 is 0. The highest BCUT2D eigenvalue weighted by molar-refractivity contribution is 7.98. The van der Waals surface area contributed by atoms with Crippen molar-refractivity contribution >= 4 is 26.4 Å². The van der Waals surface area contributed by atoms with Gasteiger partial charge < -0.3 is 0 Å². The molecule has 2 heterocycles. The summed E-state index contributed by atoms with van der Waals surface area (Å²) < 4.78 is 15.5. The second kappa shape index (κ2) is 5.67. The largest absolute Gasteiger partial charge is 0.261 e. The van der Waals surface area contributed by atoms with Crippen molar-refractivity contribution < 1.29 is 4.21 Å². The summed E-state index contributed by atoms with van der Waals surface area (Å²) in [5.41, 5.74) is 2.13. The second-order valence-corrected chi connectivity index (χ2v) is 8.44. The lowest BCUT2D eigenvalue weighted by Gasteiger charge is -2.27. The smallest absolute Gasteiger partial charge is 0.0561 e. The Hall–Kier alpha value is -1.39. The fraction of sp³-hybridized carbons (Fsp3) is 0.444. The van der Waals surface area contributed by atoms with E-state index in [1.807, 2.05) is 25.3 Å². The Balaban J connectivity index is 2.12. The summed E-state index contributed by atoms with van der Waals surface area (Å²) in [6.45, 7) is 7.10. The van der Waals surface area contributed by atoms with Gasteiger partial charge in [-0.25, -0.2) is 8.51 Å². The van der Waals surface area contributed by atoms with Crippen molar-refractivity contribution in [1.82, 2.24) is 9.29 Å². The minimum atomic E-state index is -2.42. The minimum absolute atomic E-state index is 0.387. The summed E-state index contributed by atoms with van der Waals surface area (Å²) in [4.78, 5) is 5.26. The summed E-state index contributed by atoms with van der Waals surface area (Å²) in [7, 11) is -2.42. The average Bonchev–Trinajstić information content (AvgIpc) is 3.00. The van der Waals surface area contributed by atoms with Gasteiger partial charge in [0.05, 0.1) is 9.71 Å². The van der Waals surface area contributed by atoms with Gasteiger partial charge in [0.2, 0.25) is 0 Å². The van der Waals surface area contributed by atoms with Crippen LogP contribution < -0.4 is 0 Å². The Morgan fingerprint density at radius 2 is 2.14 bits per heavy atom. The van der Waals surface area contributed by atoms with Crippen molar-refractivity contribution in [2.75, 3.05) is 6.54 Å². The molecule has 2 unspecified atom stereocenters. The molecule has 1 aromatic heterocycles. The lowest BCUT2D eigenvalue weighted by atomic mass is 10.1. The van der Waals surface area contributed by atoms with Crippen molar-refractivity contribution in [3.8, 4) is 0 Å². The monoisotopic (exact) mass is 316 g/mol. The molecule has 0 N–H and O–H groups in total. The highest BCUT2D eigenvalue weighted by Crippen LogP contribution is 2.30. The number of nitrogens with zero attached hydrogens (tertiary/aromatic N) is 2. The van der Waals surface area contributed by atoms with E-state index in [4.69, 9.17) is 0 Å². The van der Waals surface area contributed by atoms with Gasteiger partial charge in [0.15, 0.2) is 0 Å². The van der Waals surface area contributed by atoms with Gasteiger partial charge in [-0.2, -0.15) is 0 Å². The van der Waals surface area contributed by atoms with Gasteiger partial charge >= 0.3 is 0 Å². The number of benzene rings is 1. The third kappa shape index (κ3) is 2.44. The van der Waals surface area contributed by atoms with Gasteiger partial charge in [0, 0.05) is 34.8 Å². The van der Waals surface area contributed by atoms with Crippen LogP contribution in [-0.4, -0.2) is 32.0 Å². The maximum atomic E-state index is 13.4. The molecule has 3 nitrogen and oxygen atoms in total. The number of aryl methyl sites for hydroxylation is 2. The van der Waals surface area contributed by atoms with E-state index in [0.29, 0.717) is 6.04 Å². The number of hydrogen-bond donors (Lipinski definition) is 0. The summed E-state index contributed by atoms with van der Waals surface area (Å²) in [5, 5.41) is 2.26. The first-order valence-corrected chi connectivity index (χ1v) is 9.63. The van der Waals surface area contributed by atoms with Gasteiger partial charge in [-0.3, -0.25) is 4.98 Å². The number of fused-ring (bicyclic) bond motifs is 1.